The molecule has 3 heteroatoms. The largest absolute Gasteiger partial charge is 0.382 e. The molecule has 112 valence electrons. The van der Waals surface area contributed by atoms with Crippen molar-refractivity contribution in [3.63, 3.8) is 0 Å². The molecule has 1 aromatic rings. The molecule has 3 atom stereocenters. The number of nitrogens with one attached hydrogen (secondary N) is 1. The van der Waals surface area contributed by atoms with Gasteiger partial charge in [0.2, 0.25) is 0 Å². The predicted molar refractivity (Wildman–Crippen MR) is 82.0 cm³/mol. The molecule has 3 nitrogen and oxygen atoms in total. The molecule has 1 aliphatic rings. The fraction of sp³-hybridized carbons (Fsp3) is 0.647. The molecule has 0 bridgehead atoms. The van der Waals surface area contributed by atoms with Crippen molar-refractivity contribution in [1.29, 1.82) is 0 Å². The van der Waals surface area contributed by atoms with Crippen LogP contribution in [0.5, 0.6) is 0 Å². The third-order valence-electron chi connectivity index (χ3n) is 4.32. The fourth-order valence-corrected chi connectivity index (χ4v) is 2.86. The first-order valence-corrected chi connectivity index (χ1v) is 7.64. The van der Waals surface area contributed by atoms with Crippen molar-refractivity contribution in [1.82, 2.24) is 5.32 Å². The highest BCUT2D eigenvalue weighted by atomic mass is 16.5. The van der Waals surface area contributed by atoms with Gasteiger partial charge in [-0.05, 0) is 50.8 Å². The second-order valence-corrected chi connectivity index (χ2v) is 5.65. The van der Waals surface area contributed by atoms with E-state index in [1.165, 1.54) is 11.1 Å². The molecule has 1 aliphatic heterocycles. The molecule has 1 aromatic carbocycles. The summed E-state index contributed by atoms with van der Waals surface area (Å²) in [5, 5.41) is 3.42. The zero-order valence-electron chi connectivity index (χ0n) is 12.9. The molecular formula is C17H27NO2. The SMILES string of the molecule is CNC(CCC(C)OC)CC1OCCc2ccccc21. The second-order valence-electron chi connectivity index (χ2n) is 5.65. The molecule has 0 fully saturated rings. The highest BCUT2D eigenvalue weighted by Crippen LogP contribution is 2.31. The molecule has 20 heavy (non-hydrogen) atoms. The van der Waals surface area contributed by atoms with Gasteiger partial charge in [0.1, 0.15) is 0 Å². The molecule has 0 saturated carbocycles. The lowest BCUT2D eigenvalue weighted by Gasteiger charge is -2.29. The third-order valence-corrected chi connectivity index (χ3v) is 4.32. The van der Waals surface area contributed by atoms with Crippen molar-refractivity contribution >= 4 is 0 Å². The van der Waals surface area contributed by atoms with E-state index >= 15 is 0 Å². The van der Waals surface area contributed by atoms with Crippen LogP contribution in [-0.2, 0) is 15.9 Å². The van der Waals surface area contributed by atoms with E-state index in [2.05, 4.69) is 36.5 Å². The molecule has 0 aliphatic carbocycles. The van der Waals surface area contributed by atoms with Gasteiger partial charge in [0.15, 0.2) is 0 Å². The number of hydrogen-bond donors (Lipinski definition) is 1. The van der Waals surface area contributed by atoms with E-state index in [4.69, 9.17) is 9.47 Å². The number of rotatable bonds is 7. The van der Waals surface area contributed by atoms with Gasteiger partial charge in [-0.3, -0.25) is 0 Å². The lowest BCUT2D eigenvalue weighted by Crippen LogP contribution is -2.30. The summed E-state index contributed by atoms with van der Waals surface area (Å²) >= 11 is 0. The number of benzene rings is 1. The van der Waals surface area contributed by atoms with Crippen molar-refractivity contribution in [2.24, 2.45) is 0 Å². The van der Waals surface area contributed by atoms with Gasteiger partial charge >= 0.3 is 0 Å². The average molecular weight is 277 g/mol. The van der Waals surface area contributed by atoms with Crippen LogP contribution in [-0.4, -0.2) is 32.9 Å². The van der Waals surface area contributed by atoms with Gasteiger partial charge in [-0.15, -0.1) is 0 Å². The van der Waals surface area contributed by atoms with Gasteiger partial charge in [-0.2, -0.15) is 0 Å². The Labute approximate surface area is 122 Å². The summed E-state index contributed by atoms with van der Waals surface area (Å²) in [4.78, 5) is 0. The normalized spacial score (nSPS) is 21.2. The zero-order chi connectivity index (χ0) is 14.4. The lowest BCUT2D eigenvalue weighted by molar-refractivity contribution is 0.0274. The van der Waals surface area contributed by atoms with Crippen LogP contribution in [0.4, 0.5) is 0 Å². The predicted octanol–water partition coefficient (Wildman–Crippen LogP) is 3.09. The molecule has 3 unspecified atom stereocenters. The number of fused-ring (bicyclic) bond motifs is 1. The number of ether oxygens (including phenoxy) is 2. The van der Waals surface area contributed by atoms with E-state index < -0.39 is 0 Å². The van der Waals surface area contributed by atoms with Gasteiger partial charge in [-0.1, -0.05) is 24.3 Å². The quantitative estimate of drug-likeness (QED) is 0.831. The maximum Gasteiger partial charge on any atom is 0.0842 e. The summed E-state index contributed by atoms with van der Waals surface area (Å²) < 4.78 is 11.3. The Hall–Kier alpha value is -0.900. The first kappa shape index (κ1) is 15.5. The van der Waals surface area contributed by atoms with E-state index in [0.29, 0.717) is 12.1 Å². The Morgan fingerprint density at radius 2 is 2.15 bits per heavy atom. The van der Waals surface area contributed by atoms with E-state index in [1.54, 1.807) is 7.11 Å². The van der Waals surface area contributed by atoms with Crippen molar-refractivity contribution in [2.75, 3.05) is 20.8 Å². The van der Waals surface area contributed by atoms with Gasteiger partial charge in [0.05, 0.1) is 18.8 Å². The Morgan fingerprint density at radius 1 is 1.35 bits per heavy atom. The first-order valence-electron chi connectivity index (χ1n) is 7.64. The summed E-state index contributed by atoms with van der Waals surface area (Å²) in [6, 6.07) is 9.15. The number of hydrogen-bond acceptors (Lipinski definition) is 3. The standard InChI is InChI=1S/C17H27NO2/c1-13(19-3)8-9-15(18-2)12-17-16-7-5-4-6-14(16)10-11-20-17/h4-7,13,15,17-18H,8-12H2,1-3H3. The topological polar surface area (TPSA) is 30.5 Å². The van der Waals surface area contributed by atoms with E-state index in [0.717, 1.165) is 32.3 Å². The second kappa shape index (κ2) is 7.77. The Balaban J connectivity index is 1.95. The summed E-state index contributed by atoms with van der Waals surface area (Å²) in [7, 11) is 3.82. The molecule has 0 spiro atoms. The van der Waals surface area contributed by atoms with Crippen LogP contribution < -0.4 is 5.32 Å². The van der Waals surface area contributed by atoms with E-state index in [1.807, 2.05) is 7.05 Å². The van der Waals surface area contributed by atoms with Crippen LogP contribution in [0.3, 0.4) is 0 Å². The molecular weight excluding hydrogens is 250 g/mol. The van der Waals surface area contributed by atoms with Crippen molar-refractivity contribution in [2.45, 2.75) is 50.9 Å². The number of methoxy groups -OCH3 is 1. The molecule has 0 radical (unpaired) electrons. The van der Waals surface area contributed by atoms with Crippen LogP contribution in [0.2, 0.25) is 0 Å². The van der Waals surface area contributed by atoms with Gasteiger partial charge in [0, 0.05) is 13.2 Å². The summed E-state index contributed by atoms with van der Waals surface area (Å²) in [5.74, 6) is 0. The Bertz CT molecular complexity index is 408. The average Bonchev–Trinajstić information content (AvgIpc) is 2.51. The highest BCUT2D eigenvalue weighted by Gasteiger charge is 2.23. The summed E-state index contributed by atoms with van der Waals surface area (Å²) in [6.45, 7) is 2.96. The minimum absolute atomic E-state index is 0.232. The minimum Gasteiger partial charge on any atom is -0.382 e. The van der Waals surface area contributed by atoms with Crippen molar-refractivity contribution < 1.29 is 9.47 Å². The van der Waals surface area contributed by atoms with Gasteiger partial charge in [0.25, 0.3) is 0 Å². The van der Waals surface area contributed by atoms with Gasteiger partial charge < -0.3 is 14.8 Å². The monoisotopic (exact) mass is 277 g/mol. The molecule has 0 amide bonds. The van der Waals surface area contributed by atoms with E-state index in [9.17, 15) is 0 Å². The molecule has 0 saturated heterocycles. The van der Waals surface area contributed by atoms with Crippen LogP contribution in [0.15, 0.2) is 24.3 Å². The molecule has 1 heterocycles. The van der Waals surface area contributed by atoms with E-state index in [-0.39, 0.29) is 6.10 Å². The zero-order valence-corrected chi connectivity index (χ0v) is 12.9. The van der Waals surface area contributed by atoms with Gasteiger partial charge in [-0.25, -0.2) is 0 Å². The maximum absolute atomic E-state index is 6.00. The maximum atomic E-state index is 6.00. The van der Waals surface area contributed by atoms with Crippen LogP contribution >= 0.6 is 0 Å². The van der Waals surface area contributed by atoms with Crippen molar-refractivity contribution in [3.05, 3.63) is 35.4 Å². The van der Waals surface area contributed by atoms with Crippen molar-refractivity contribution in [3.8, 4) is 0 Å². The van der Waals surface area contributed by atoms with Crippen LogP contribution in [0, 0.1) is 0 Å². The summed E-state index contributed by atoms with van der Waals surface area (Å²) in [6.07, 6.45) is 4.83. The fourth-order valence-electron chi connectivity index (χ4n) is 2.86. The van der Waals surface area contributed by atoms with Crippen LogP contribution in [0.1, 0.15) is 43.4 Å². The smallest absolute Gasteiger partial charge is 0.0842 e. The molecule has 2 rings (SSSR count). The molecule has 0 aromatic heterocycles. The Kier molecular flexibility index (Phi) is 6.02. The van der Waals surface area contributed by atoms with Crippen LogP contribution in [0.25, 0.3) is 0 Å². The minimum atomic E-state index is 0.232. The first-order chi connectivity index (χ1) is 9.74. The summed E-state index contributed by atoms with van der Waals surface area (Å²) in [5.41, 5.74) is 2.82. The third kappa shape index (κ3) is 4.05. The lowest BCUT2D eigenvalue weighted by atomic mass is 9.92. The molecule has 1 N–H and O–H groups in total. The highest BCUT2D eigenvalue weighted by molar-refractivity contribution is 5.31. The Morgan fingerprint density at radius 3 is 2.90 bits per heavy atom.